The molecule has 0 bridgehead atoms. The highest BCUT2D eigenvalue weighted by atomic mass is 17.2. The molecule has 9 heteroatoms. The number of nitrogens with zero attached hydrogens (tertiary/aromatic N) is 3. The number of aromatic nitrogens is 2. The van der Waals surface area contributed by atoms with Crippen LogP contribution in [-0.2, 0) is 21.2 Å². The second-order valence-electron chi connectivity index (χ2n) is 8.84. The zero-order chi connectivity index (χ0) is 27.2. The number of anilines is 1. The van der Waals surface area contributed by atoms with Crippen molar-refractivity contribution in [1.29, 1.82) is 10.5 Å². The summed E-state index contributed by atoms with van der Waals surface area (Å²) in [6.07, 6.45) is 1.62. The van der Waals surface area contributed by atoms with Crippen LogP contribution in [0.3, 0.4) is 0 Å². The lowest BCUT2D eigenvalue weighted by Gasteiger charge is -2.19. The van der Waals surface area contributed by atoms with Gasteiger partial charge in [-0.05, 0) is 51.0 Å². The van der Waals surface area contributed by atoms with Gasteiger partial charge in [-0.2, -0.15) is 10.5 Å². The molecule has 1 atom stereocenters. The van der Waals surface area contributed by atoms with E-state index in [1.54, 1.807) is 29.7 Å². The van der Waals surface area contributed by atoms with Crippen molar-refractivity contribution in [2.24, 2.45) is 0 Å². The number of hydrogen-bond donors (Lipinski definition) is 2. The number of benzene rings is 2. The maximum Gasteiger partial charge on any atom is 0.265 e. The van der Waals surface area contributed by atoms with Crippen molar-refractivity contribution in [3.05, 3.63) is 76.6 Å². The Labute approximate surface area is 221 Å². The van der Waals surface area contributed by atoms with E-state index in [-0.39, 0.29) is 12.5 Å². The zero-order valence-corrected chi connectivity index (χ0v) is 21.8. The predicted octanol–water partition coefficient (Wildman–Crippen LogP) is 5.56. The first-order valence-corrected chi connectivity index (χ1v) is 12.4. The standard InChI is InChI=1S/C29H29N5O4/c1-5-25(38-26-12-7-18(3)13-19(26)4)29(35)32-22-10-8-20(9-11-22)27-24(15-31)33-28-23(14-30)21(16-34(27)28)17-37-36-6-2/h7-13,16,25,33H,5-6,17H2,1-4H3,(H,32,35). The van der Waals surface area contributed by atoms with Crippen molar-refractivity contribution in [1.82, 2.24) is 9.38 Å². The third kappa shape index (κ3) is 5.40. The van der Waals surface area contributed by atoms with Gasteiger partial charge in [0.25, 0.3) is 5.91 Å². The molecule has 2 heterocycles. The van der Waals surface area contributed by atoms with E-state index in [4.69, 9.17) is 14.5 Å². The molecule has 0 fully saturated rings. The third-order valence-corrected chi connectivity index (χ3v) is 6.13. The maximum atomic E-state index is 13.0. The van der Waals surface area contributed by atoms with Gasteiger partial charge >= 0.3 is 0 Å². The minimum absolute atomic E-state index is 0.0985. The van der Waals surface area contributed by atoms with Gasteiger partial charge in [-0.15, -0.1) is 0 Å². The molecular formula is C29H29N5O4. The summed E-state index contributed by atoms with van der Waals surface area (Å²) in [7, 11) is 0. The van der Waals surface area contributed by atoms with Crippen LogP contribution in [0.25, 0.3) is 16.9 Å². The van der Waals surface area contributed by atoms with Gasteiger partial charge in [0.1, 0.15) is 41.4 Å². The number of carbonyl (C=O) groups excluding carboxylic acids is 1. The molecule has 0 aliphatic heterocycles. The number of H-pyrrole nitrogens is 1. The number of nitrogens with one attached hydrogen (secondary N) is 2. The van der Waals surface area contributed by atoms with E-state index < -0.39 is 6.10 Å². The van der Waals surface area contributed by atoms with E-state index in [0.717, 1.165) is 16.7 Å². The highest BCUT2D eigenvalue weighted by Crippen LogP contribution is 2.30. The van der Waals surface area contributed by atoms with Crippen LogP contribution in [0, 0.1) is 36.5 Å². The van der Waals surface area contributed by atoms with Crippen molar-refractivity contribution >= 4 is 17.2 Å². The second-order valence-corrected chi connectivity index (χ2v) is 8.84. The Balaban J connectivity index is 1.56. The maximum absolute atomic E-state index is 13.0. The Kier molecular flexibility index (Phi) is 8.12. The Morgan fingerprint density at radius 3 is 2.47 bits per heavy atom. The first kappa shape index (κ1) is 26.5. The zero-order valence-electron chi connectivity index (χ0n) is 21.8. The highest BCUT2D eigenvalue weighted by molar-refractivity contribution is 5.94. The molecule has 0 saturated carbocycles. The molecule has 0 saturated heterocycles. The summed E-state index contributed by atoms with van der Waals surface area (Å²) in [6.45, 7) is 8.16. The van der Waals surface area contributed by atoms with E-state index in [9.17, 15) is 15.3 Å². The van der Waals surface area contributed by atoms with Crippen LogP contribution in [0.2, 0.25) is 0 Å². The Hall–Kier alpha value is -4.57. The quantitative estimate of drug-likeness (QED) is 0.163. The van der Waals surface area contributed by atoms with Crippen LogP contribution in [-0.4, -0.2) is 28.0 Å². The molecule has 4 rings (SSSR count). The number of nitriles is 2. The van der Waals surface area contributed by atoms with Crippen LogP contribution in [0.5, 0.6) is 5.75 Å². The summed E-state index contributed by atoms with van der Waals surface area (Å²) >= 11 is 0. The Morgan fingerprint density at radius 1 is 1.08 bits per heavy atom. The van der Waals surface area contributed by atoms with Gasteiger partial charge < -0.3 is 15.0 Å². The molecule has 194 valence electrons. The predicted molar refractivity (Wildman–Crippen MR) is 142 cm³/mol. The molecule has 0 radical (unpaired) electrons. The Bertz CT molecular complexity index is 1540. The molecule has 0 aliphatic rings. The molecule has 4 aromatic rings. The first-order valence-electron chi connectivity index (χ1n) is 12.4. The van der Waals surface area contributed by atoms with Gasteiger partial charge in [0.2, 0.25) is 0 Å². The lowest BCUT2D eigenvalue weighted by atomic mass is 10.1. The number of amides is 1. The lowest BCUT2D eigenvalue weighted by Crippen LogP contribution is -2.32. The summed E-state index contributed by atoms with van der Waals surface area (Å²) in [6, 6.07) is 17.4. The van der Waals surface area contributed by atoms with E-state index in [1.807, 2.05) is 51.1 Å². The third-order valence-electron chi connectivity index (χ3n) is 6.13. The van der Waals surface area contributed by atoms with Crippen molar-refractivity contribution < 1.29 is 19.3 Å². The average molecular weight is 512 g/mol. The number of fused-ring (bicyclic) bond motifs is 1. The van der Waals surface area contributed by atoms with Crippen LogP contribution in [0.15, 0.2) is 48.7 Å². The number of rotatable bonds is 10. The van der Waals surface area contributed by atoms with Gasteiger partial charge in [0, 0.05) is 23.0 Å². The monoisotopic (exact) mass is 511 g/mol. The van der Waals surface area contributed by atoms with E-state index >= 15 is 0 Å². The van der Waals surface area contributed by atoms with E-state index in [1.165, 1.54) is 0 Å². The molecule has 38 heavy (non-hydrogen) atoms. The fourth-order valence-electron chi connectivity index (χ4n) is 4.28. The van der Waals surface area contributed by atoms with Gasteiger partial charge in [0.15, 0.2) is 6.10 Å². The van der Waals surface area contributed by atoms with Crippen molar-refractivity contribution in [2.75, 3.05) is 11.9 Å². The highest BCUT2D eigenvalue weighted by Gasteiger charge is 2.22. The van der Waals surface area contributed by atoms with Crippen molar-refractivity contribution in [2.45, 2.75) is 46.8 Å². The smallest absolute Gasteiger partial charge is 0.265 e. The number of imidazole rings is 1. The molecule has 2 aromatic carbocycles. The van der Waals surface area contributed by atoms with Crippen molar-refractivity contribution in [3.63, 3.8) is 0 Å². The molecule has 1 amide bonds. The van der Waals surface area contributed by atoms with Crippen LogP contribution < -0.4 is 10.1 Å². The molecule has 0 spiro atoms. The van der Waals surface area contributed by atoms with Gasteiger partial charge in [-0.1, -0.05) is 36.8 Å². The number of carbonyl (C=O) groups is 1. The lowest BCUT2D eigenvalue weighted by molar-refractivity contribution is -0.300. The van der Waals surface area contributed by atoms with Gasteiger partial charge in [-0.25, -0.2) is 9.78 Å². The van der Waals surface area contributed by atoms with Crippen LogP contribution >= 0.6 is 0 Å². The summed E-state index contributed by atoms with van der Waals surface area (Å²) in [5.41, 5.74) is 5.88. The number of aryl methyl sites for hydroxylation is 2. The molecule has 1 unspecified atom stereocenters. The fourth-order valence-corrected chi connectivity index (χ4v) is 4.28. The number of hydrogen-bond acceptors (Lipinski definition) is 6. The molecule has 0 aliphatic carbocycles. The van der Waals surface area contributed by atoms with Crippen molar-refractivity contribution in [3.8, 4) is 29.1 Å². The molecule has 9 nitrogen and oxygen atoms in total. The number of ether oxygens (including phenoxy) is 1. The summed E-state index contributed by atoms with van der Waals surface area (Å²) < 4.78 is 7.77. The fraction of sp³-hybridized carbons (Fsp3) is 0.276. The van der Waals surface area contributed by atoms with Crippen LogP contribution in [0.4, 0.5) is 5.69 Å². The van der Waals surface area contributed by atoms with E-state index in [0.29, 0.717) is 52.6 Å². The molecular weight excluding hydrogens is 482 g/mol. The normalized spacial score (nSPS) is 11.6. The summed E-state index contributed by atoms with van der Waals surface area (Å²) in [5.74, 6) is 0.438. The Morgan fingerprint density at radius 2 is 1.84 bits per heavy atom. The second kappa shape index (κ2) is 11.7. The molecule has 2 N–H and O–H groups in total. The minimum atomic E-state index is -0.646. The largest absolute Gasteiger partial charge is 0.480 e. The van der Waals surface area contributed by atoms with E-state index in [2.05, 4.69) is 22.4 Å². The average Bonchev–Trinajstić information content (AvgIpc) is 3.43. The van der Waals surface area contributed by atoms with Gasteiger partial charge in [0.05, 0.1) is 12.3 Å². The summed E-state index contributed by atoms with van der Waals surface area (Å²) in [4.78, 5) is 26.1. The van der Waals surface area contributed by atoms with Gasteiger partial charge in [-0.3, -0.25) is 9.20 Å². The molecule has 2 aromatic heterocycles. The van der Waals surface area contributed by atoms with Crippen LogP contribution in [0.1, 0.15) is 48.2 Å². The first-order chi connectivity index (χ1) is 18.4. The minimum Gasteiger partial charge on any atom is -0.480 e. The number of aromatic amines is 1. The topological polar surface area (TPSA) is 125 Å². The summed E-state index contributed by atoms with van der Waals surface area (Å²) in [5, 5.41) is 22.3. The SMILES string of the molecule is CCOOCc1cn2c(-c3ccc(NC(=O)C(CC)Oc4ccc(C)cc4C)cc3)c(C#N)[nH]c2c1C#N.